The fourth-order valence-electron chi connectivity index (χ4n) is 3.00. The summed E-state index contributed by atoms with van der Waals surface area (Å²) in [6, 6.07) is 14.0. The lowest BCUT2D eigenvalue weighted by atomic mass is 10.0. The monoisotopic (exact) mass is 409 g/mol. The van der Waals surface area contributed by atoms with Gasteiger partial charge in [-0.25, -0.2) is 0 Å². The summed E-state index contributed by atoms with van der Waals surface area (Å²) in [5.74, 6) is -1.07. The number of aromatic hydroxyl groups is 1. The molecule has 7 heteroatoms. The number of ketones is 1. The van der Waals surface area contributed by atoms with Crippen molar-refractivity contribution in [1.29, 1.82) is 0 Å². The molecule has 30 heavy (non-hydrogen) atoms. The lowest BCUT2D eigenvalue weighted by molar-refractivity contribution is -0.114. The molecule has 2 aromatic carbocycles. The van der Waals surface area contributed by atoms with Crippen LogP contribution < -0.4 is 10.6 Å². The Kier molecular flexibility index (Phi) is 7.75. The van der Waals surface area contributed by atoms with E-state index in [1.165, 1.54) is 24.0 Å². The number of aldehydes is 1. The van der Waals surface area contributed by atoms with E-state index >= 15 is 0 Å². The molecule has 0 saturated carbocycles. The van der Waals surface area contributed by atoms with Gasteiger partial charge in [0.2, 0.25) is 0 Å². The Balaban J connectivity index is 2.43. The summed E-state index contributed by atoms with van der Waals surface area (Å²) in [5.41, 5.74) is 1.29. The lowest BCUT2D eigenvalue weighted by Crippen LogP contribution is -2.26. The van der Waals surface area contributed by atoms with Crippen LogP contribution >= 0.6 is 0 Å². The Morgan fingerprint density at radius 2 is 1.77 bits per heavy atom. The minimum absolute atomic E-state index is 0.00383. The highest BCUT2D eigenvalue weighted by Gasteiger charge is 2.20. The quantitative estimate of drug-likeness (QED) is 0.334. The summed E-state index contributed by atoms with van der Waals surface area (Å²) in [6.07, 6.45) is 1.26. The summed E-state index contributed by atoms with van der Waals surface area (Å²) in [7, 11) is 3.15. The van der Waals surface area contributed by atoms with Crippen LogP contribution in [0.4, 0.5) is 5.69 Å². The van der Waals surface area contributed by atoms with Gasteiger partial charge < -0.3 is 20.6 Å². The summed E-state index contributed by atoms with van der Waals surface area (Å²) in [4.78, 5) is 37.8. The number of amides is 1. The van der Waals surface area contributed by atoms with Crippen molar-refractivity contribution in [3.8, 4) is 5.75 Å². The number of phenolic OH excluding ortho intramolecular Hbond substituents is 1. The van der Waals surface area contributed by atoms with Gasteiger partial charge >= 0.3 is 0 Å². The van der Waals surface area contributed by atoms with Crippen LogP contribution in [0.2, 0.25) is 0 Å². The minimum atomic E-state index is -0.392. The number of rotatable bonds is 9. The smallest absolute Gasteiger partial charge is 0.257 e. The van der Waals surface area contributed by atoms with Crippen molar-refractivity contribution in [2.45, 2.75) is 26.3 Å². The number of phenols is 1. The molecule has 3 N–H and O–H groups in total. The van der Waals surface area contributed by atoms with Crippen LogP contribution in [-0.4, -0.2) is 42.1 Å². The number of anilines is 1. The van der Waals surface area contributed by atoms with E-state index in [2.05, 4.69) is 10.6 Å². The van der Waals surface area contributed by atoms with E-state index in [1.807, 2.05) is 37.3 Å². The van der Waals surface area contributed by atoms with Gasteiger partial charge in [0.05, 0.1) is 17.3 Å². The molecule has 0 fully saturated rings. The average Bonchev–Trinajstić information content (AvgIpc) is 2.74. The summed E-state index contributed by atoms with van der Waals surface area (Å²) in [6.45, 7) is 3.29. The van der Waals surface area contributed by atoms with E-state index < -0.39 is 5.78 Å². The Bertz CT molecular complexity index is 952. The van der Waals surface area contributed by atoms with Crippen molar-refractivity contribution in [1.82, 2.24) is 10.2 Å². The molecule has 0 spiro atoms. The van der Waals surface area contributed by atoms with Crippen LogP contribution in [0.25, 0.3) is 0 Å². The number of allylic oxidation sites excluding steroid dienone is 2. The Morgan fingerprint density at radius 1 is 1.10 bits per heavy atom. The predicted molar refractivity (Wildman–Crippen MR) is 116 cm³/mol. The summed E-state index contributed by atoms with van der Waals surface area (Å²) in [5, 5.41) is 16.5. The first-order valence-corrected chi connectivity index (χ1v) is 9.62. The van der Waals surface area contributed by atoms with E-state index in [9.17, 15) is 19.5 Å². The van der Waals surface area contributed by atoms with E-state index in [-0.39, 0.29) is 40.3 Å². The molecule has 158 valence electrons. The molecule has 7 nitrogen and oxygen atoms in total. The van der Waals surface area contributed by atoms with E-state index in [4.69, 9.17) is 0 Å². The Hall–Kier alpha value is -3.61. The van der Waals surface area contributed by atoms with E-state index in [0.29, 0.717) is 12.7 Å². The van der Waals surface area contributed by atoms with Gasteiger partial charge in [-0.15, -0.1) is 0 Å². The van der Waals surface area contributed by atoms with Crippen molar-refractivity contribution in [3.05, 3.63) is 71.1 Å². The van der Waals surface area contributed by atoms with E-state index in [1.54, 1.807) is 20.2 Å². The first-order chi connectivity index (χ1) is 14.3. The highest BCUT2D eigenvalue weighted by molar-refractivity contribution is 6.03. The molecule has 2 rings (SSSR count). The van der Waals surface area contributed by atoms with Crippen LogP contribution in [0.5, 0.6) is 5.75 Å². The van der Waals surface area contributed by atoms with Crippen molar-refractivity contribution < 1.29 is 19.5 Å². The number of nitrogens with zero attached hydrogens (tertiary/aromatic N) is 1. The fraction of sp³-hybridized carbons (Fsp3) is 0.261. The van der Waals surface area contributed by atoms with Crippen LogP contribution in [0, 0.1) is 0 Å². The third-order valence-electron chi connectivity index (χ3n) is 4.61. The maximum atomic E-state index is 12.3. The van der Waals surface area contributed by atoms with Gasteiger partial charge in [-0.05, 0) is 24.1 Å². The van der Waals surface area contributed by atoms with Crippen molar-refractivity contribution in [2.75, 3.05) is 19.4 Å². The molecule has 0 aromatic heterocycles. The molecule has 1 atom stereocenters. The zero-order chi connectivity index (χ0) is 22.3. The van der Waals surface area contributed by atoms with Gasteiger partial charge in [-0.1, -0.05) is 43.3 Å². The van der Waals surface area contributed by atoms with Gasteiger partial charge in [0.1, 0.15) is 11.4 Å². The van der Waals surface area contributed by atoms with Crippen LogP contribution in [0.3, 0.4) is 0 Å². The number of carbonyl (C=O) groups excluding carboxylic acids is 3. The molecule has 2 aromatic rings. The molecule has 0 radical (unpaired) electrons. The second-order valence-electron chi connectivity index (χ2n) is 7.00. The third-order valence-corrected chi connectivity index (χ3v) is 4.61. The summed E-state index contributed by atoms with van der Waals surface area (Å²) >= 11 is 0. The van der Waals surface area contributed by atoms with Gasteiger partial charge in [0.25, 0.3) is 5.91 Å². The number of nitrogens with one attached hydrogen (secondary N) is 2. The molecule has 0 saturated heterocycles. The molecule has 0 bridgehead atoms. The molecular weight excluding hydrogens is 382 g/mol. The molecule has 0 aliphatic heterocycles. The maximum absolute atomic E-state index is 12.3. The molecule has 0 heterocycles. The highest BCUT2D eigenvalue weighted by Crippen LogP contribution is 2.30. The Labute approximate surface area is 176 Å². The number of carbonyl (C=O) groups is 3. The molecule has 0 unspecified atom stereocenters. The number of hydrogen-bond donors (Lipinski definition) is 3. The van der Waals surface area contributed by atoms with Crippen LogP contribution in [0.1, 0.15) is 42.2 Å². The SMILES string of the molecule is CC[C@@H](N/C(C=O)=C(\Nc1cccc(C(=O)N(C)C)c1O)C(C)=O)c1ccccc1. The van der Waals surface area contributed by atoms with Gasteiger partial charge in [-0.3, -0.25) is 14.4 Å². The number of para-hydroxylation sites is 1. The van der Waals surface area contributed by atoms with Crippen molar-refractivity contribution in [2.24, 2.45) is 0 Å². The van der Waals surface area contributed by atoms with Crippen molar-refractivity contribution >= 4 is 23.7 Å². The second-order valence-corrected chi connectivity index (χ2v) is 7.00. The molecule has 0 aliphatic carbocycles. The highest BCUT2D eigenvalue weighted by atomic mass is 16.3. The first kappa shape index (κ1) is 22.7. The lowest BCUT2D eigenvalue weighted by Gasteiger charge is -2.21. The third kappa shape index (κ3) is 5.26. The zero-order valence-electron chi connectivity index (χ0n) is 17.6. The van der Waals surface area contributed by atoms with Gasteiger partial charge in [0.15, 0.2) is 17.8 Å². The van der Waals surface area contributed by atoms with Crippen LogP contribution in [-0.2, 0) is 9.59 Å². The minimum Gasteiger partial charge on any atom is -0.505 e. The van der Waals surface area contributed by atoms with Crippen LogP contribution in [0.15, 0.2) is 59.9 Å². The Morgan fingerprint density at radius 3 is 2.30 bits per heavy atom. The first-order valence-electron chi connectivity index (χ1n) is 9.62. The zero-order valence-corrected chi connectivity index (χ0v) is 17.6. The number of hydrogen-bond acceptors (Lipinski definition) is 6. The fourth-order valence-corrected chi connectivity index (χ4v) is 3.00. The molecule has 0 aliphatic rings. The largest absolute Gasteiger partial charge is 0.505 e. The standard InChI is InChI=1S/C23H27N3O4/c1-5-18(16-10-7-6-8-11-16)24-20(14-27)21(15(2)28)25-19-13-9-12-17(22(19)29)23(30)26(3)4/h6-14,18,24-25,29H,5H2,1-4H3/b21-20-/t18-/m1/s1. The molecule has 1 amide bonds. The molecular formula is C23H27N3O4. The number of Topliss-reactive ketones (excluding diaryl/α,β-unsaturated/α-hetero) is 1. The summed E-state index contributed by atoms with van der Waals surface area (Å²) < 4.78 is 0. The predicted octanol–water partition coefficient (Wildman–Crippen LogP) is 3.25. The van der Waals surface area contributed by atoms with Gasteiger partial charge in [-0.2, -0.15) is 0 Å². The van der Waals surface area contributed by atoms with E-state index in [0.717, 1.165) is 5.56 Å². The van der Waals surface area contributed by atoms with Gasteiger partial charge in [0, 0.05) is 21.0 Å². The second kappa shape index (κ2) is 10.2. The normalized spacial score (nSPS) is 12.4. The number of benzene rings is 2. The topological polar surface area (TPSA) is 98.7 Å². The van der Waals surface area contributed by atoms with Crippen molar-refractivity contribution in [3.63, 3.8) is 0 Å². The maximum Gasteiger partial charge on any atom is 0.257 e. The average molecular weight is 409 g/mol.